The highest BCUT2D eigenvalue weighted by Crippen LogP contribution is 2.18. The number of likely N-dealkylation sites (N-methyl/N-ethyl adjacent to an activating group) is 1. The molecule has 1 aliphatic heterocycles. The van der Waals surface area contributed by atoms with Crippen LogP contribution < -0.4 is 0 Å². The van der Waals surface area contributed by atoms with Gasteiger partial charge in [0.15, 0.2) is 0 Å². The van der Waals surface area contributed by atoms with Gasteiger partial charge in [0.2, 0.25) is 0 Å². The molecule has 0 spiro atoms. The summed E-state index contributed by atoms with van der Waals surface area (Å²) in [5.74, 6) is 0. The van der Waals surface area contributed by atoms with Crippen LogP contribution in [0.15, 0.2) is 12.7 Å². The second-order valence-electron chi connectivity index (χ2n) is 3.29. The maximum atomic E-state index is 11.7. The molecule has 1 saturated heterocycles. The summed E-state index contributed by atoms with van der Waals surface area (Å²) in [6, 6.07) is 0.156. The van der Waals surface area contributed by atoms with E-state index in [1.165, 1.54) is 5.06 Å². The third-order valence-electron chi connectivity index (χ3n) is 2.41. The maximum Gasteiger partial charge on any atom is 0.344 e. The van der Waals surface area contributed by atoms with E-state index in [9.17, 15) is 4.79 Å². The highest BCUT2D eigenvalue weighted by atomic mass is 16.7. The lowest BCUT2D eigenvalue weighted by Crippen LogP contribution is -2.34. The van der Waals surface area contributed by atoms with E-state index in [2.05, 4.69) is 13.5 Å². The van der Waals surface area contributed by atoms with Gasteiger partial charge in [0, 0.05) is 13.1 Å². The molecule has 0 saturated carbocycles. The third kappa shape index (κ3) is 3.52. The molecular formula is C12H24N2O2. The van der Waals surface area contributed by atoms with Crippen LogP contribution in [0.25, 0.3) is 0 Å². The second-order valence-corrected chi connectivity index (χ2v) is 3.29. The Labute approximate surface area is 98.8 Å². The molecule has 0 aromatic heterocycles. The highest BCUT2D eigenvalue weighted by Gasteiger charge is 2.36. The Kier molecular flexibility index (Phi) is 7.64. The topological polar surface area (TPSA) is 32.8 Å². The van der Waals surface area contributed by atoms with Gasteiger partial charge in [-0.3, -0.25) is 4.84 Å². The first-order chi connectivity index (χ1) is 7.74. The molecule has 0 aliphatic carbocycles. The predicted molar refractivity (Wildman–Crippen MR) is 66.1 cm³/mol. The maximum absolute atomic E-state index is 11.7. The molecule has 0 unspecified atom stereocenters. The van der Waals surface area contributed by atoms with Crippen LogP contribution in [0, 0.1) is 0 Å². The Balaban J connectivity index is 0.00000106. The number of nitrogens with zero attached hydrogens (tertiary/aromatic N) is 2. The summed E-state index contributed by atoms with van der Waals surface area (Å²) in [6.07, 6.45) is 2.56. The number of hydroxylamine groups is 2. The van der Waals surface area contributed by atoms with Crippen LogP contribution in [-0.2, 0) is 4.84 Å². The second kappa shape index (κ2) is 8.16. The van der Waals surface area contributed by atoms with Crippen molar-refractivity contribution in [3.63, 3.8) is 0 Å². The lowest BCUT2D eigenvalue weighted by atomic mass is 10.2. The first kappa shape index (κ1) is 15.0. The Bertz CT molecular complexity index is 219. The average Bonchev–Trinajstić information content (AvgIpc) is 2.65. The van der Waals surface area contributed by atoms with Crippen molar-refractivity contribution in [2.24, 2.45) is 0 Å². The smallest absolute Gasteiger partial charge is 0.321 e. The lowest BCUT2D eigenvalue weighted by molar-refractivity contribution is -0.118. The summed E-state index contributed by atoms with van der Waals surface area (Å²) < 4.78 is 0. The zero-order valence-corrected chi connectivity index (χ0v) is 10.9. The molecule has 4 heteroatoms. The van der Waals surface area contributed by atoms with E-state index in [4.69, 9.17) is 4.84 Å². The molecule has 1 rings (SSSR count). The molecule has 0 aromatic carbocycles. The standard InChI is InChI=1S/C10H18N2O2.C2H6/c1-4-7-14-12-9(5-2)8-11(6-3)10(12)13;1-2/h4,9H,1,5-8H2,2-3H3;1-2H3/t9-;/m1./s1. The van der Waals surface area contributed by atoms with Crippen LogP contribution in [-0.4, -0.2) is 41.7 Å². The molecule has 0 N–H and O–H groups in total. The van der Waals surface area contributed by atoms with Crippen molar-refractivity contribution in [2.45, 2.75) is 40.2 Å². The first-order valence-electron chi connectivity index (χ1n) is 6.06. The number of hydrogen-bond donors (Lipinski definition) is 0. The van der Waals surface area contributed by atoms with Gasteiger partial charge in [-0.15, -0.1) is 6.58 Å². The highest BCUT2D eigenvalue weighted by molar-refractivity contribution is 5.75. The number of hydrogen-bond acceptors (Lipinski definition) is 2. The van der Waals surface area contributed by atoms with Crippen molar-refractivity contribution >= 4 is 6.03 Å². The van der Waals surface area contributed by atoms with E-state index in [1.54, 1.807) is 11.0 Å². The molecule has 0 aromatic rings. The molecule has 1 fully saturated rings. The van der Waals surface area contributed by atoms with Crippen molar-refractivity contribution in [1.82, 2.24) is 9.96 Å². The quantitative estimate of drug-likeness (QED) is 0.678. The predicted octanol–water partition coefficient (Wildman–Crippen LogP) is 2.67. The van der Waals surface area contributed by atoms with Gasteiger partial charge in [-0.25, -0.2) is 4.79 Å². The summed E-state index contributed by atoms with van der Waals surface area (Å²) in [5.41, 5.74) is 0. The number of rotatable bonds is 5. The fourth-order valence-electron chi connectivity index (χ4n) is 1.56. The average molecular weight is 228 g/mol. The molecular weight excluding hydrogens is 204 g/mol. The monoisotopic (exact) mass is 228 g/mol. The summed E-state index contributed by atoms with van der Waals surface area (Å²) in [7, 11) is 0. The molecule has 0 radical (unpaired) electrons. The fourth-order valence-corrected chi connectivity index (χ4v) is 1.56. The summed E-state index contributed by atoms with van der Waals surface area (Å²) >= 11 is 0. The third-order valence-corrected chi connectivity index (χ3v) is 2.41. The summed E-state index contributed by atoms with van der Waals surface area (Å²) in [6.45, 7) is 13.5. The minimum absolute atomic E-state index is 0.0267. The minimum Gasteiger partial charge on any atom is -0.321 e. The Morgan fingerprint density at radius 2 is 2.12 bits per heavy atom. The Morgan fingerprint density at radius 1 is 1.50 bits per heavy atom. The van der Waals surface area contributed by atoms with E-state index in [0.29, 0.717) is 6.61 Å². The van der Waals surface area contributed by atoms with Crippen molar-refractivity contribution in [1.29, 1.82) is 0 Å². The van der Waals surface area contributed by atoms with Gasteiger partial charge in [0.1, 0.15) is 0 Å². The van der Waals surface area contributed by atoms with Gasteiger partial charge in [0.05, 0.1) is 12.6 Å². The molecule has 2 amide bonds. The number of carbonyl (C=O) groups is 1. The van der Waals surface area contributed by atoms with Crippen molar-refractivity contribution < 1.29 is 9.63 Å². The van der Waals surface area contributed by atoms with Crippen molar-refractivity contribution in [3.8, 4) is 0 Å². The van der Waals surface area contributed by atoms with Crippen LogP contribution in [0.1, 0.15) is 34.1 Å². The normalized spacial score (nSPS) is 19.5. The molecule has 4 nitrogen and oxygen atoms in total. The zero-order chi connectivity index (χ0) is 12.6. The number of amides is 2. The van der Waals surface area contributed by atoms with Gasteiger partial charge in [0.25, 0.3) is 0 Å². The van der Waals surface area contributed by atoms with Gasteiger partial charge < -0.3 is 4.90 Å². The first-order valence-corrected chi connectivity index (χ1v) is 6.06. The van der Waals surface area contributed by atoms with E-state index in [-0.39, 0.29) is 12.1 Å². The van der Waals surface area contributed by atoms with Crippen molar-refractivity contribution in [2.75, 3.05) is 19.7 Å². The van der Waals surface area contributed by atoms with Crippen LogP contribution in [0.4, 0.5) is 4.79 Å². The minimum atomic E-state index is -0.0267. The Hall–Kier alpha value is -1.03. The van der Waals surface area contributed by atoms with E-state index < -0.39 is 0 Å². The van der Waals surface area contributed by atoms with Crippen LogP contribution in [0.5, 0.6) is 0 Å². The van der Waals surface area contributed by atoms with Gasteiger partial charge in [-0.1, -0.05) is 26.8 Å². The molecule has 1 aliphatic rings. The van der Waals surface area contributed by atoms with E-state index >= 15 is 0 Å². The summed E-state index contributed by atoms with van der Waals surface area (Å²) in [5, 5.41) is 1.48. The zero-order valence-electron chi connectivity index (χ0n) is 10.9. The largest absolute Gasteiger partial charge is 0.344 e. The molecule has 16 heavy (non-hydrogen) atoms. The SMILES string of the molecule is C=CCON1C(=O)N(CC)C[C@H]1CC.CC. The molecule has 94 valence electrons. The van der Waals surface area contributed by atoms with E-state index in [0.717, 1.165) is 19.5 Å². The Morgan fingerprint density at radius 3 is 2.56 bits per heavy atom. The fraction of sp³-hybridized carbons (Fsp3) is 0.750. The molecule has 1 heterocycles. The van der Waals surface area contributed by atoms with Gasteiger partial charge in [-0.05, 0) is 13.3 Å². The van der Waals surface area contributed by atoms with Gasteiger partial charge in [-0.2, -0.15) is 5.06 Å². The lowest BCUT2D eigenvalue weighted by Gasteiger charge is -2.20. The van der Waals surface area contributed by atoms with Crippen LogP contribution >= 0.6 is 0 Å². The number of urea groups is 1. The van der Waals surface area contributed by atoms with Crippen LogP contribution in [0.3, 0.4) is 0 Å². The molecule has 0 bridgehead atoms. The van der Waals surface area contributed by atoms with Crippen LogP contribution in [0.2, 0.25) is 0 Å². The summed E-state index contributed by atoms with van der Waals surface area (Å²) in [4.78, 5) is 18.8. The van der Waals surface area contributed by atoms with Crippen molar-refractivity contribution in [3.05, 3.63) is 12.7 Å². The van der Waals surface area contributed by atoms with Gasteiger partial charge >= 0.3 is 6.03 Å². The van der Waals surface area contributed by atoms with E-state index in [1.807, 2.05) is 20.8 Å². The molecule has 1 atom stereocenters. The number of carbonyl (C=O) groups excluding carboxylic acids is 1.